The van der Waals surface area contributed by atoms with Crippen molar-refractivity contribution in [3.8, 4) is 17.1 Å². The van der Waals surface area contributed by atoms with Crippen molar-refractivity contribution >= 4 is 27.8 Å². The highest BCUT2D eigenvalue weighted by Gasteiger charge is 2.19. The van der Waals surface area contributed by atoms with Gasteiger partial charge in [0.15, 0.2) is 0 Å². The Bertz CT molecular complexity index is 1520. The first-order valence-corrected chi connectivity index (χ1v) is 11.7. The molecule has 1 saturated heterocycles. The van der Waals surface area contributed by atoms with Crippen molar-refractivity contribution in [1.82, 2.24) is 29.0 Å². The van der Waals surface area contributed by atoms with Crippen LogP contribution in [0, 0.1) is 0 Å². The largest absolute Gasteiger partial charge is 0.369 e. The smallest absolute Gasteiger partial charge is 0.334 e. The number of aromatic nitrogens is 5. The van der Waals surface area contributed by atoms with Gasteiger partial charge in [-0.05, 0) is 42.4 Å². The van der Waals surface area contributed by atoms with E-state index < -0.39 is 0 Å². The van der Waals surface area contributed by atoms with Gasteiger partial charge in [0, 0.05) is 56.2 Å². The van der Waals surface area contributed by atoms with Crippen molar-refractivity contribution < 1.29 is 0 Å². The molecule has 34 heavy (non-hydrogen) atoms. The topological polar surface area (TPSA) is 75.0 Å². The number of likely N-dealkylation sites (N-methyl/N-ethyl adjacent to an activating group) is 1. The molecule has 1 aromatic carbocycles. The van der Waals surface area contributed by atoms with Crippen LogP contribution in [0.25, 0.3) is 39.1 Å². The molecular weight excluding hydrogens is 426 g/mol. The van der Waals surface area contributed by atoms with E-state index in [0.717, 1.165) is 66.0 Å². The molecule has 8 nitrogen and oxygen atoms in total. The van der Waals surface area contributed by atoms with Crippen molar-refractivity contribution in [1.29, 1.82) is 0 Å². The Morgan fingerprint density at radius 3 is 2.50 bits per heavy atom. The Morgan fingerprint density at radius 1 is 1.00 bits per heavy atom. The molecule has 0 spiro atoms. The summed E-state index contributed by atoms with van der Waals surface area (Å²) in [5.74, 6) is 0.598. The van der Waals surface area contributed by atoms with E-state index in [1.165, 1.54) is 5.69 Å². The van der Waals surface area contributed by atoms with E-state index in [-0.39, 0.29) is 5.69 Å². The number of aromatic amines is 1. The molecule has 8 heteroatoms. The Labute approximate surface area is 197 Å². The molecule has 5 heterocycles. The highest BCUT2D eigenvalue weighted by Crippen LogP contribution is 2.30. The quantitative estimate of drug-likeness (QED) is 0.451. The van der Waals surface area contributed by atoms with E-state index in [0.29, 0.717) is 5.82 Å². The number of pyridine rings is 2. The molecular formula is C26H27N7O. The van der Waals surface area contributed by atoms with E-state index >= 15 is 0 Å². The highest BCUT2D eigenvalue weighted by molar-refractivity contribution is 6.04. The number of anilines is 1. The van der Waals surface area contributed by atoms with Crippen LogP contribution in [-0.4, -0.2) is 61.7 Å². The van der Waals surface area contributed by atoms with E-state index in [9.17, 15) is 4.79 Å². The summed E-state index contributed by atoms with van der Waals surface area (Å²) in [4.78, 5) is 30.5. The summed E-state index contributed by atoms with van der Waals surface area (Å²) in [6.45, 7) is 7.66. The number of nitrogens with zero attached hydrogens (tertiary/aromatic N) is 6. The van der Waals surface area contributed by atoms with Crippen LogP contribution in [0.1, 0.15) is 6.92 Å². The molecule has 172 valence electrons. The Morgan fingerprint density at radius 2 is 1.79 bits per heavy atom. The monoisotopic (exact) mass is 453 g/mol. The second-order valence-corrected chi connectivity index (χ2v) is 8.77. The summed E-state index contributed by atoms with van der Waals surface area (Å²) in [7, 11) is 1.77. The van der Waals surface area contributed by atoms with E-state index in [1.54, 1.807) is 28.6 Å². The van der Waals surface area contributed by atoms with E-state index in [4.69, 9.17) is 0 Å². The second-order valence-electron chi connectivity index (χ2n) is 8.77. The summed E-state index contributed by atoms with van der Waals surface area (Å²) >= 11 is 0. The van der Waals surface area contributed by atoms with Crippen molar-refractivity contribution in [2.24, 2.45) is 7.05 Å². The number of benzene rings is 1. The van der Waals surface area contributed by atoms with Crippen molar-refractivity contribution in [2.75, 3.05) is 37.6 Å². The first kappa shape index (κ1) is 20.7. The van der Waals surface area contributed by atoms with Gasteiger partial charge in [0.25, 0.3) is 0 Å². The molecule has 1 aliphatic rings. The predicted octanol–water partition coefficient (Wildman–Crippen LogP) is 3.41. The average molecular weight is 454 g/mol. The fraction of sp³-hybridized carbons (Fsp3) is 0.269. The number of fused-ring (bicyclic) bond motifs is 3. The lowest BCUT2D eigenvalue weighted by molar-refractivity contribution is 0.271. The van der Waals surface area contributed by atoms with Crippen molar-refractivity contribution in [2.45, 2.75) is 6.92 Å². The number of aryl methyl sites for hydroxylation is 1. The normalized spacial score (nSPS) is 14.9. The first-order valence-electron chi connectivity index (χ1n) is 11.7. The number of H-pyrrole nitrogens is 1. The van der Waals surface area contributed by atoms with Crippen LogP contribution < -0.4 is 10.6 Å². The van der Waals surface area contributed by atoms with Gasteiger partial charge >= 0.3 is 5.69 Å². The van der Waals surface area contributed by atoms with Gasteiger partial charge in [0.2, 0.25) is 0 Å². The highest BCUT2D eigenvalue weighted by atomic mass is 16.1. The number of hydrogen-bond donors (Lipinski definition) is 1. The van der Waals surface area contributed by atoms with Crippen LogP contribution in [0.3, 0.4) is 0 Å². The lowest BCUT2D eigenvalue weighted by Crippen LogP contribution is -2.46. The maximum atomic E-state index is 13.1. The van der Waals surface area contributed by atoms with E-state index in [1.807, 2.05) is 18.2 Å². The summed E-state index contributed by atoms with van der Waals surface area (Å²) in [5, 5.41) is 0.899. The van der Waals surface area contributed by atoms with Gasteiger partial charge in [-0.2, -0.15) is 0 Å². The van der Waals surface area contributed by atoms with Gasteiger partial charge in [-0.1, -0.05) is 25.1 Å². The first-order chi connectivity index (χ1) is 16.6. The van der Waals surface area contributed by atoms with Crippen LogP contribution in [0.5, 0.6) is 0 Å². The zero-order chi connectivity index (χ0) is 23.2. The molecule has 0 saturated carbocycles. The Hall–Kier alpha value is -3.91. The Balaban J connectivity index is 1.41. The number of piperazine rings is 1. The molecule has 5 aromatic rings. The molecule has 4 aromatic heterocycles. The molecule has 0 atom stereocenters. The van der Waals surface area contributed by atoms with E-state index in [2.05, 4.69) is 62.0 Å². The predicted molar refractivity (Wildman–Crippen MR) is 136 cm³/mol. The third-order valence-electron chi connectivity index (χ3n) is 6.92. The maximum absolute atomic E-state index is 13.1. The third kappa shape index (κ3) is 3.30. The fourth-order valence-electron chi connectivity index (χ4n) is 4.91. The molecule has 1 aliphatic heterocycles. The van der Waals surface area contributed by atoms with Crippen LogP contribution in [0.2, 0.25) is 0 Å². The zero-order valence-electron chi connectivity index (χ0n) is 19.4. The molecule has 0 radical (unpaired) electrons. The standard InChI is InChI=1S/C26H27N7O/c1-3-31-12-14-32(15-13-31)19-9-7-18(8-10-19)21-16-20-24-22(17-28-25(20)29-21)30(2)26(34)33(24)23-6-4-5-11-27-23/h4-11,16-17H,3,12-15H2,1-2H3,(H,28,29). The molecule has 1 fully saturated rings. The summed E-state index contributed by atoms with van der Waals surface area (Å²) in [6, 6.07) is 16.4. The second kappa shape index (κ2) is 8.14. The fourth-order valence-corrected chi connectivity index (χ4v) is 4.91. The lowest BCUT2D eigenvalue weighted by atomic mass is 10.1. The van der Waals surface area contributed by atoms with Gasteiger partial charge in [-0.15, -0.1) is 0 Å². The molecule has 0 bridgehead atoms. The number of rotatable bonds is 4. The minimum Gasteiger partial charge on any atom is -0.369 e. The lowest BCUT2D eigenvalue weighted by Gasteiger charge is -2.35. The van der Waals surface area contributed by atoms with Gasteiger partial charge in [0.1, 0.15) is 11.5 Å². The summed E-state index contributed by atoms with van der Waals surface area (Å²) < 4.78 is 3.28. The van der Waals surface area contributed by atoms with Gasteiger partial charge in [-0.25, -0.2) is 19.3 Å². The minimum atomic E-state index is -0.140. The Kier molecular flexibility index (Phi) is 4.95. The molecule has 0 aliphatic carbocycles. The number of hydrogen-bond acceptors (Lipinski definition) is 5. The maximum Gasteiger partial charge on any atom is 0.334 e. The molecule has 0 amide bonds. The summed E-state index contributed by atoms with van der Waals surface area (Å²) in [5.41, 5.74) is 5.50. The SMILES string of the molecule is CCN1CCN(c2ccc(-c3cc4c(ncc5c4n(-c4ccccn4)c(=O)n5C)[nH]3)cc2)CC1. The molecule has 1 N–H and O–H groups in total. The molecule has 6 rings (SSSR count). The minimum absolute atomic E-state index is 0.140. The van der Waals surface area contributed by atoms with Crippen molar-refractivity contribution in [3.05, 3.63) is 71.4 Å². The zero-order valence-corrected chi connectivity index (χ0v) is 19.4. The van der Waals surface area contributed by atoms with Gasteiger partial charge in [-0.3, -0.25) is 4.57 Å². The van der Waals surface area contributed by atoms with Crippen molar-refractivity contribution in [3.63, 3.8) is 0 Å². The van der Waals surface area contributed by atoms with Crippen LogP contribution in [0.15, 0.2) is 65.7 Å². The van der Waals surface area contributed by atoms with Crippen LogP contribution in [-0.2, 0) is 7.05 Å². The molecule has 0 unspecified atom stereocenters. The third-order valence-corrected chi connectivity index (χ3v) is 6.92. The number of imidazole rings is 1. The average Bonchev–Trinajstić information content (AvgIpc) is 3.44. The van der Waals surface area contributed by atoms with Gasteiger partial charge < -0.3 is 14.8 Å². The number of nitrogens with one attached hydrogen (secondary N) is 1. The van der Waals surface area contributed by atoms with Gasteiger partial charge in [0.05, 0.1) is 17.2 Å². The van der Waals surface area contributed by atoms with Crippen LogP contribution >= 0.6 is 0 Å². The summed E-state index contributed by atoms with van der Waals surface area (Å²) in [6.07, 6.45) is 3.45. The van der Waals surface area contributed by atoms with Crippen LogP contribution in [0.4, 0.5) is 5.69 Å².